The molecule has 0 unspecified atom stereocenters. The van der Waals surface area contributed by atoms with Crippen LogP contribution in [0.1, 0.15) is 30.0 Å². The van der Waals surface area contributed by atoms with Crippen molar-refractivity contribution in [3.05, 3.63) is 58.7 Å². The maximum Gasteiger partial charge on any atom is 0.131 e. The van der Waals surface area contributed by atoms with Gasteiger partial charge in [0.05, 0.1) is 11.9 Å². The van der Waals surface area contributed by atoms with Crippen LogP contribution in [-0.4, -0.2) is 38.1 Å². The topological polar surface area (TPSA) is 68.5 Å². The van der Waals surface area contributed by atoms with Crippen molar-refractivity contribution in [2.24, 2.45) is 0 Å². The van der Waals surface area contributed by atoms with E-state index in [1.54, 1.807) is 0 Å². The summed E-state index contributed by atoms with van der Waals surface area (Å²) >= 11 is 3.45. The second-order valence-corrected chi connectivity index (χ2v) is 7.74. The first-order chi connectivity index (χ1) is 12.2. The van der Waals surface area contributed by atoms with Crippen molar-refractivity contribution in [1.82, 2.24) is 30.3 Å². The third-order valence-corrected chi connectivity index (χ3v) is 5.54. The van der Waals surface area contributed by atoms with E-state index in [2.05, 4.69) is 47.6 Å². The second kappa shape index (κ2) is 5.71. The van der Waals surface area contributed by atoms with Crippen LogP contribution >= 0.6 is 15.9 Å². The Balaban J connectivity index is 1.51. The standard InChI is InChI=1S/C18H17BrN6/c19-15-3-4-17(22-8-15)18(10-21-11-18)25-9-16(23-24-25)14-5-13(6-20-7-14)12-1-2-12/h3-9,12,21H,1-2,10-11H2. The predicted molar refractivity (Wildman–Crippen MR) is 97.1 cm³/mol. The summed E-state index contributed by atoms with van der Waals surface area (Å²) in [6, 6.07) is 6.26. The first-order valence-electron chi connectivity index (χ1n) is 8.45. The molecule has 4 heterocycles. The van der Waals surface area contributed by atoms with E-state index >= 15 is 0 Å². The smallest absolute Gasteiger partial charge is 0.131 e. The Bertz CT molecular complexity index is 911. The summed E-state index contributed by atoms with van der Waals surface area (Å²) in [6.45, 7) is 1.59. The van der Waals surface area contributed by atoms with Gasteiger partial charge in [0, 0.05) is 41.7 Å². The van der Waals surface area contributed by atoms with Crippen LogP contribution in [0.15, 0.2) is 47.5 Å². The summed E-state index contributed by atoms with van der Waals surface area (Å²) < 4.78 is 2.92. The molecule has 0 radical (unpaired) electrons. The van der Waals surface area contributed by atoms with Crippen LogP contribution in [0.3, 0.4) is 0 Å². The van der Waals surface area contributed by atoms with Crippen molar-refractivity contribution >= 4 is 15.9 Å². The molecule has 126 valence electrons. The number of hydrogen-bond acceptors (Lipinski definition) is 5. The maximum absolute atomic E-state index is 4.59. The predicted octanol–water partition coefficient (Wildman–Crippen LogP) is 2.72. The van der Waals surface area contributed by atoms with Crippen LogP contribution in [-0.2, 0) is 5.54 Å². The number of halogens is 1. The molecule has 3 aromatic heterocycles. The fourth-order valence-electron chi connectivity index (χ4n) is 3.32. The zero-order valence-corrected chi connectivity index (χ0v) is 15.1. The van der Waals surface area contributed by atoms with E-state index in [0.717, 1.165) is 34.5 Å². The maximum atomic E-state index is 4.59. The van der Waals surface area contributed by atoms with E-state index in [4.69, 9.17) is 0 Å². The van der Waals surface area contributed by atoms with Gasteiger partial charge in [0.15, 0.2) is 0 Å². The molecule has 0 atom stereocenters. The van der Waals surface area contributed by atoms with Crippen LogP contribution in [0.2, 0.25) is 0 Å². The molecule has 25 heavy (non-hydrogen) atoms. The van der Waals surface area contributed by atoms with Crippen molar-refractivity contribution in [3.8, 4) is 11.3 Å². The van der Waals surface area contributed by atoms with Gasteiger partial charge >= 0.3 is 0 Å². The number of aromatic nitrogens is 5. The molecular formula is C18H17BrN6. The van der Waals surface area contributed by atoms with E-state index < -0.39 is 0 Å². The van der Waals surface area contributed by atoms with Crippen LogP contribution < -0.4 is 5.32 Å². The molecule has 0 amide bonds. The molecule has 1 saturated carbocycles. The van der Waals surface area contributed by atoms with Gasteiger partial charge in [-0.25, -0.2) is 4.68 Å². The number of nitrogens with one attached hydrogen (secondary N) is 1. The Kier molecular flexibility index (Phi) is 3.46. The lowest BCUT2D eigenvalue weighted by molar-refractivity contribution is 0.197. The van der Waals surface area contributed by atoms with Gasteiger partial charge in [-0.05, 0) is 58.5 Å². The fraction of sp³-hybridized carbons (Fsp3) is 0.333. The molecule has 6 nitrogen and oxygen atoms in total. The number of hydrogen-bond donors (Lipinski definition) is 1. The molecule has 5 rings (SSSR count). The van der Waals surface area contributed by atoms with Gasteiger partial charge in [0.1, 0.15) is 11.2 Å². The van der Waals surface area contributed by atoms with Gasteiger partial charge in [0.25, 0.3) is 0 Å². The summed E-state index contributed by atoms with van der Waals surface area (Å²) in [5.41, 5.74) is 3.92. The molecule has 2 fully saturated rings. The van der Waals surface area contributed by atoms with Crippen molar-refractivity contribution < 1.29 is 0 Å². The monoisotopic (exact) mass is 396 g/mol. The largest absolute Gasteiger partial charge is 0.311 e. The molecule has 3 aromatic rings. The highest BCUT2D eigenvalue weighted by atomic mass is 79.9. The summed E-state index contributed by atoms with van der Waals surface area (Å²) in [5.74, 6) is 0.677. The summed E-state index contributed by atoms with van der Waals surface area (Å²) in [5, 5.41) is 12.2. The molecule has 1 saturated heterocycles. The highest BCUT2D eigenvalue weighted by Gasteiger charge is 2.43. The average Bonchev–Trinajstić information content (AvgIpc) is 3.34. The molecule has 7 heteroatoms. The fourth-order valence-corrected chi connectivity index (χ4v) is 3.55. The van der Waals surface area contributed by atoms with Crippen LogP contribution in [0.4, 0.5) is 0 Å². The number of nitrogens with zero attached hydrogens (tertiary/aromatic N) is 5. The van der Waals surface area contributed by atoms with Gasteiger partial charge in [-0.15, -0.1) is 5.10 Å². The molecule has 0 bridgehead atoms. The minimum Gasteiger partial charge on any atom is -0.311 e. The first kappa shape index (κ1) is 15.2. The van der Waals surface area contributed by atoms with Crippen molar-refractivity contribution in [3.63, 3.8) is 0 Å². The van der Waals surface area contributed by atoms with E-state index in [-0.39, 0.29) is 5.54 Å². The average molecular weight is 397 g/mol. The molecular weight excluding hydrogens is 380 g/mol. The molecule has 0 aromatic carbocycles. The summed E-state index contributed by atoms with van der Waals surface area (Å²) in [6.07, 6.45) is 10.2. The summed E-state index contributed by atoms with van der Waals surface area (Å²) in [4.78, 5) is 8.98. The third kappa shape index (κ3) is 2.58. The zero-order chi connectivity index (χ0) is 16.9. The Hall–Kier alpha value is -2.12. The lowest BCUT2D eigenvalue weighted by Gasteiger charge is -2.41. The minimum absolute atomic E-state index is 0.270. The molecule has 2 aliphatic rings. The Morgan fingerprint density at radius 3 is 2.72 bits per heavy atom. The normalized spacial score (nSPS) is 18.8. The second-order valence-electron chi connectivity index (χ2n) is 6.83. The van der Waals surface area contributed by atoms with E-state index in [0.29, 0.717) is 5.92 Å². The molecule has 1 N–H and O–H groups in total. The van der Waals surface area contributed by atoms with E-state index in [1.165, 1.54) is 18.4 Å². The Labute approximate surface area is 153 Å². The Morgan fingerprint density at radius 1 is 1.16 bits per heavy atom. The lowest BCUT2D eigenvalue weighted by Crippen LogP contribution is -2.61. The van der Waals surface area contributed by atoms with Gasteiger partial charge < -0.3 is 5.32 Å². The van der Waals surface area contributed by atoms with Crippen LogP contribution in [0, 0.1) is 0 Å². The number of rotatable bonds is 4. The Morgan fingerprint density at radius 2 is 2.04 bits per heavy atom. The van der Waals surface area contributed by atoms with Crippen LogP contribution in [0.5, 0.6) is 0 Å². The molecule has 0 spiro atoms. The van der Waals surface area contributed by atoms with Crippen molar-refractivity contribution in [2.75, 3.05) is 13.1 Å². The molecule has 1 aliphatic heterocycles. The highest BCUT2D eigenvalue weighted by molar-refractivity contribution is 9.10. The van der Waals surface area contributed by atoms with Crippen molar-refractivity contribution in [2.45, 2.75) is 24.3 Å². The van der Waals surface area contributed by atoms with E-state index in [1.807, 2.05) is 41.6 Å². The quantitative estimate of drug-likeness (QED) is 0.733. The van der Waals surface area contributed by atoms with Gasteiger partial charge in [-0.1, -0.05) is 5.21 Å². The highest BCUT2D eigenvalue weighted by Crippen LogP contribution is 2.40. The minimum atomic E-state index is -0.270. The molecule has 1 aliphatic carbocycles. The van der Waals surface area contributed by atoms with Gasteiger partial charge in [0.2, 0.25) is 0 Å². The van der Waals surface area contributed by atoms with Crippen molar-refractivity contribution in [1.29, 1.82) is 0 Å². The van der Waals surface area contributed by atoms with Gasteiger partial charge in [-0.2, -0.15) is 0 Å². The zero-order valence-electron chi connectivity index (χ0n) is 13.6. The number of pyridine rings is 2. The van der Waals surface area contributed by atoms with Crippen LogP contribution in [0.25, 0.3) is 11.3 Å². The lowest BCUT2D eigenvalue weighted by atomic mass is 9.88. The first-order valence-corrected chi connectivity index (χ1v) is 9.25. The summed E-state index contributed by atoms with van der Waals surface area (Å²) in [7, 11) is 0. The SMILES string of the molecule is Brc1ccc(C2(n3cc(-c4cncc(C5CC5)c4)nn3)CNC2)nc1. The third-order valence-electron chi connectivity index (χ3n) is 5.07. The van der Waals surface area contributed by atoms with E-state index in [9.17, 15) is 0 Å². The van der Waals surface area contributed by atoms with Gasteiger partial charge in [-0.3, -0.25) is 9.97 Å².